The molecule has 9 nitrogen and oxygen atoms in total. The fraction of sp³-hybridized carbons (Fsp3) is 0.750. The van der Waals surface area contributed by atoms with Crippen molar-refractivity contribution in [2.75, 3.05) is 47.5 Å². The predicted octanol–water partition coefficient (Wildman–Crippen LogP) is 19.1. The molecular formula is C68H120NO8+. The average molecular weight is 1080 g/mol. The second-order valence-corrected chi connectivity index (χ2v) is 22.3. The van der Waals surface area contributed by atoms with Crippen molar-refractivity contribution in [1.82, 2.24) is 0 Å². The largest absolute Gasteiger partial charge is 0.477 e. The Morgan fingerprint density at radius 1 is 0.403 bits per heavy atom. The zero-order valence-electron chi connectivity index (χ0n) is 50.6. The molecule has 0 bridgehead atoms. The molecule has 0 saturated carbocycles. The SMILES string of the molecule is CC/C=C\C/C=C\C/C=C\C/C=C\CCCCCCCCCCCCCCCCCCC(=O)OC(COC(=O)CCCCCCCCCC/C=C\C/C=C\C/C=C\CCCCCCC)COC(OCC[N+](C)(C)C)C(=O)O. The summed E-state index contributed by atoms with van der Waals surface area (Å²) in [5, 5.41) is 9.73. The second kappa shape index (κ2) is 58.6. The molecule has 0 aromatic heterocycles. The molecule has 0 fully saturated rings. The van der Waals surface area contributed by atoms with Gasteiger partial charge in [-0.2, -0.15) is 0 Å². The molecule has 444 valence electrons. The minimum Gasteiger partial charge on any atom is -0.477 e. The first kappa shape index (κ1) is 73.5. The molecule has 0 rings (SSSR count). The Bertz CT molecular complexity index is 1540. The van der Waals surface area contributed by atoms with Crippen molar-refractivity contribution >= 4 is 17.9 Å². The number of carbonyl (C=O) groups excluding carboxylic acids is 2. The highest BCUT2D eigenvalue weighted by molar-refractivity contribution is 5.71. The van der Waals surface area contributed by atoms with Gasteiger partial charge in [-0.3, -0.25) is 9.59 Å². The topological polar surface area (TPSA) is 108 Å². The number of nitrogens with zero attached hydrogens (tertiary/aromatic N) is 1. The Morgan fingerprint density at radius 3 is 1.10 bits per heavy atom. The van der Waals surface area contributed by atoms with E-state index in [1.807, 2.05) is 21.1 Å². The van der Waals surface area contributed by atoms with E-state index in [2.05, 4.69) is 98.9 Å². The molecule has 0 aromatic rings. The number of carboxylic acids is 1. The maximum Gasteiger partial charge on any atom is 0.361 e. The van der Waals surface area contributed by atoms with E-state index in [0.29, 0.717) is 17.4 Å². The van der Waals surface area contributed by atoms with Crippen LogP contribution in [-0.4, -0.2) is 87.4 Å². The van der Waals surface area contributed by atoms with E-state index >= 15 is 0 Å². The predicted molar refractivity (Wildman–Crippen MR) is 327 cm³/mol. The Labute approximate surface area is 474 Å². The maximum atomic E-state index is 12.9. The fourth-order valence-electron chi connectivity index (χ4n) is 8.78. The van der Waals surface area contributed by atoms with Gasteiger partial charge in [-0.05, 0) is 89.9 Å². The molecule has 0 spiro atoms. The number of rotatable bonds is 58. The van der Waals surface area contributed by atoms with Gasteiger partial charge in [0.05, 0.1) is 34.4 Å². The third kappa shape index (κ3) is 60.0. The van der Waals surface area contributed by atoms with Gasteiger partial charge in [0.2, 0.25) is 0 Å². The number of ether oxygens (including phenoxy) is 4. The van der Waals surface area contributed by atoms with Crippen molar-refractivity contribution in [2.24, 2.45) is 0 Å². The number of hydrogen-bond donors (Lipinski definition) is 1. The first-order valence-electron chi connectivity index (χ1n) is 31.8. The number of esters is 2. The number of unbranched alkanes of at least 4 members (excludes halogenated alkanes) is 29. The number of carboxylic acid groups (broad SMARTS) is 1. The molecule has 0 aliphatic carbocycles. The van der Waals surface area contributed by atoms with Gasteiger partial charge < -0.3 is 28.5 Å². The minimum absolute atomic E-state index is 0.184. The minimum atomic E-state index is -1.52. The monoisotopic (exact) mass is 1080 g/mol. The first-order valence-corrected chi connectivity index (χ1v) is 31.8. The van der Waals surface area contributed by atoms with Crippen molar-refractivity contribution in [3.8, 4) is 0 Å². The summed E-state index contributed by atoms with van der Waals surface area (Å²) in [7, 11) is 5.97. The summed E-state index contributed by atoms with van der Waals surface area (Å²) in [4.78, 5) is 37.5. The first-order chi connectivity index (χ1) is 37.6. The molecule has 0 saturated heterocycles. The third-order valence-electron chi connectivity index (χ3n) is 13.6. The molecule has 0 aliphatic heterocycles. The molecule has 0 radical (unpaired) electrons. The smallest absolute Gasteiger partial charge is 0.361 e. The van der Waals surface area contributed by atoms with E-state index in [0.717, 1.165) is 89.9 Å². The lowest BCUT2D eigenvalue weighted by Gasteiger charge is -2.25. The highest BCUT2D eigenvalue weighted by Gasteiger charge is 2.25. The van der Waals surface area contributed by atoms with E-state index in [1.165, 1.54) is 154 Å². The Hall–Kier alpha value is -3.53. The summed E-state index contributed by atoms with van der Waals surface area (Å²) in [5.41, 5.74) is 0. The number of likely N-dealkylation sites (N-methyl/N-ethyl adjacent to an activating group) is 1. The zero-order valence-corrected chi connectivity index (χ0v) is 50.6. The second-order valence-electron chi connectivity index (χ2n) is 22.3. The fourth-order valence-corrected chi connectivity index (χ4v) is 8.78. The highest BCUT2D eigenvalue weighted by Crippen LogP contribution is 2.17. The van der Waals surface area contributed by atoms with Crippen LogP contribution in [0.5, 0.6) is 0 Å². The van der Waals surface area contributed by atoms with Crippen LogP contribution in [0.3, 0.4) is 0 Å². The molecule has 0 aromatic carbocycles. The van der Waals surface area contributed by atoms with Gasteiger partial charge in [-0.1, -0.05) is 253 Å². The summed E-state index contributed by atoms with van der Waals surface area (Å²) in [6.45, 7) is 4.77. The zero-order chi connectivity index (χ0) is 56.2. The van der Waals surface area contributed by atoms with Gasteiger partial charge in [0, 0.05) is 12.8 Å². The Morgan fingerprint density at radius 2 is 0.740 bits per heavy atom. The quantitative estimate of drug-likeness (QED) is 0.0211. The Kier molecular flexibility index (Phi) is 55.9. The van der Waals surface area contributed by atoms with Crippen LogP contribution in [0, 0.1) is 0 Å². The van der Waals surface area contributed by atoms with Crippen LogP contribution < -0.4 is 0 Å². The van der Waals surface area contributed by atoms with E-state index in [-0.39, 0.29) is 32.2 Å². The molecular weight excluding hydrogens is 959 g/mol. The molecule has 0 amide bonds. The van der Waals surface area contributed by atoms with Crippen LogP contribution in [-0.2, 0) is 33.3 Å². The number of aliphatic carboxylic acids is 1. The van der Waals surface area contributed by atoms with Crippen LogP contribution in [0.2, 0.25) is 0 Å². The van der Waals surface area contributed by atoms with Gasteiger partial charge >= 0.3 is 17.9 Å². The van der Waals surface area contributed by atoms with Crippen molar-refractivity contribution < 1.29 is 42.9 Å². The summed E-state index contributed by atoms with van der Waals surface area (Å²) >= 11 is 0. The molecule has 2 atom stereocenters. The van der Waals surface area contributed by atoms with E-state index in [9.17, 15) is 19.5 Å². The number of quaternary nitrogens is 1. The maximum absolute atomic E-state index is 12.9. The van der Waals surface area contributed by atoms with E-state index in [1.54, 1.807) is 0 Å². The van der Waals surface area contributed by atoms with Crippen LogP contribution >= 0.6 is 0 Å². The summed E-state index contributed by atoms with van der Waals surface area (Å²) in [5.74, 6) is -2.01. The van der Waals surface area contributed by atoms with Crippen LogP contribution in [0.4, 0.5) is 0 Å². The highest BCUT2D eigenvalue weighted by atomic mass is 16.7. The van der Waals surface area contributed by atoms with Crippen molar-refractivity contribution in [2.45, 2.75) is 283 Å². The lowest BCUT2D eigenvalue weighted by atomic mass is 10.0. The summed E-state index contributed by atoms with van der Waals surface area (Å²) in [6, 6.07) is 0. The normalized spacial score (nSPS) is 13.3. The molecule has 77 heavy (non-hydrogen) atoms. The van der Waals surface area contributed by atoms with Crippen LogP contribution in [0.25, 0.3) is 0 Å². The Balaban J connectivity index is 4.19. The summed E-state index contributed by atoms with van der Waals surface area (Å²) < 4.78 is 22.9. The van der Waals surface area contributed by atoms with Gasteiger partial charge in [0.25, 0.3) is 6.29 Å². The van der Waals surface area contributed by atoms with Crippen molar-refractivity contribution in [3.63, 3.8) is 0 Å². The molecule has 1 N–H and O–H groups in total. The molecule has 2 unspecified atom stereocenters. The molecule has 9 heteroatoms. The average Bonchev–Trinajstić information content (AvgIpc) is 3.40. The van der Waals surface area contributed by atoms with Crippen molar-refractivity contribution in [3.05, 3.63) is 85.1 Å². The number of allylic oxidation sites excluding steroid dienone is 14. The van der Waals surface area contributed by atoms with Gasteiger partial charge in [-0.25, -0.2) is 4.79 Å². The number of hydrogen-bond acceptors (Lipinski definition) is 7. The van der Waals surface area contributed by atoms with Crippen molar-refractivity contribution in [1.29, 1.82) is 0 Å². The lowest BCUT2D eigenvalue weighted by molar-refractivity contribution is -0.870. The molecule has 0 aliphatic rings. The third-order valence-corrected chi connectivity index (χ3v) is 13.6. The summed E-state index contributed by atoms with van der Waals surface area (Å²) in [6.07, 6.45) is 75.3. The van der Waals surface area contributed by atoms with E-state index in [4.69, 9.17) is 18.9 Å². The standard InChI is InChI=1S/C68H119NO8/c1-6-8-10-12-14-16-18-20-22-24-26-28-30-31-32-33-34-35-37-39-41-43-45-47-49-51-53-55-57-59-66(71)77-64(63-76-68(67(72)73)74-61-60-69(3,4)5)62-75-65(70)58-56-54-52-50-48-46-44-42-40-38-36-29-27-25-23-21-19-17-15-13-11-9-7-2/h8,10,14,16,19-22,25-28,36,38,64,68H,6-7,9,11-13,15,17-18,23-24,29-35,37,39-63H2,1-5H3/p+1/b10-8-,16-14-,21-19-,22-20-,27-25-,28-26-,38-36-. The van der Waals surface area contributed by atoms with Gasteiger partial charge in [-0.15, -0.1) is 0 Å². The van der Waals surface area contributed by atoms with Crippen LogP contribution in [0.15, 0.2) is 85.1 Å². The lowest BCUT2D eigenvalue weighted by Crippen LogP contribution is -2.40. The van der Waals surface area contributed by atoms with Gasteiger partial charge in [0.15, 0.2) is 6.10 Å². The molecule has 0 heterocycles. The van der Waals surface area contributed by atoms with Gasteiger partial charge in [0.1, 0.15) is 13.2 Å². The van der Waals surface area contributed by atoms with Crippen LogP contribution in [0.1, 0.15) is 271 Å². The number of carbonyl (C=O) groups is 3. The van der Waals surface area contributed by atoms with E-state index < -0.39 is 24.3 Å².